The molecule has 0 atom stereocenters. The van der Waals surface area contributed by atoms with Crippen LogP contribution < -0.4 is 5.56 Å². The smallest absolute Gasteiger partial charge is 0.362 e. The van der Waals surface area contributed by atoms with E-state index in [4.69, 9.17) is 0 Å². The Labute approximate surface area is 99.0 Å². The van der Waals surface area contributed by atoms with E-state index in [0.717, 1.165) is 0 Å². The molecular formula is C9H8ClF2NO4. The Hall–Kier alpha value is -1.63. The maximum atomic E-state index is 12.7. The Morgan fingerprint density at radius 2 is 2.24 bits per heavy atom. The summed E-state index contributed by atoms with van der Waals surface area (Å²) in [5, 5.41) is 5.48. The summed E-state index contributed by atoms with van der Waals surface area (Å²) in [5.74, 6) is -2.02. The molecule has 0 saturated carbocycles. The summed E-state index contributed by atoms with van der Waals surface area (Å²) in [5.41, 5.74) is -2.94. The van der Waals surface area contributed by atoms with Crippen LogP contribution in [0.5, 0.6) is 5.75 Å². The van der Waals surface area contributed by atoms with Crippen molar-refractivity contribution in [2.24, 2.45) is 0 Å². The van der Waals surface area contributed by atoms with Gasteiger partial charge >= 0.3 is 11.4 Å². The molecule has 0 amide bonds. The Morgan fingerprint density at radius 3 is 2.65 bits per heavy atom. The van der Waals surface area contributed by atoms with E-state index in [1.807, 2.05) is 0 Å². The summed E-state index contributed by atoms with van der Waals surface area (Å²) in [6.45, 7) is 1.47. The lowest BCUT2D eigenvalue weighted by atomic mass is 10.2. The molecule has 5 nitrogen and oxygen atoms in total. The second-order valence-electron chi connectivity index (χ2n) is 2.99. The van der Waals surface area contributed by atoms with Crippen LogP contribution in [-0.4, -0.2) is 22.7 Å². The molecule has 2 N–H and O–H groups in total. The standard InChI is InChI=1S/C9H8ClF2NO4/c1-2-17-8(16)6-4(14)3-5(9(10,11)12)13-7(6)15/h3H,2H2,1H3,(H2,13,14,15). The molecule has 0 aliphatic rings. The first-order valence-electron chi connectivity index (χ1n) is 4.48. The van der Waals surface area contributed by atoms with Gasteiger partial charge in [-0.15, -0.1) is 0 Å². The largest absolute Gasteiger partial charge is 0.507 e. The van der Waals surface area contributed by atoms with Crippen LogP contribution in [0.25, 0.3) is 0 Å². The van der Waals surface area contributed by atoms with Gasteiger partial charge in [-0.25, -0.2) is 4.79 Å². The first-order chi connectivity index (χ1) is 7.77. The second kappa shape index (κ2) is 4.70. The van der Waals surface area contributed by atoms with Gasteiger partial charge in [0.25, 0.3) is 5.56 Å². The van der Waals surface area contributed by atoms with Crippen LogP contribution in [0.4, 0.5) is 8.78 Å². The molecule has 8 heteroatoms. The van der Waals surface area contributed by atoms with Gasteiger partial charge in [0.15, 0.2) is 5.56 Å². The van der Waals surface area contributed by atoms with Crippen LogP contribution in [0.15, 0.2) is 10.9 Å². The van der Waals surface area contributed by atoms with Crippen LogP contribution in [0.3, 0.4) is 0 Å². The number of aromatic hydroxyl groups is 1. The minimum atomic E-state index is -3.84. The first-order valence-corrected chi connectivity index (χ1v) is 4.85. The third-order valence-corrected chi connectivity index (χ3v) is 2.00. The zero-order valence-electron chi connectivity index (χ0n) is 8.59. The lowest BCUT2D eigenvalue weighted by molar-refractivity contribution is 0.0518. The number of H-pyrrole nitrogens is 1. The van der Waals surface area contributed by atoms with Crippen molar-refractivity contribution in [3.05, 3.63) is 27.7 Å². The van der Waals surface area contributed by atoms with E-state index < -0.39 is 33.9 Å². The fourth-order valence-corrected chi connectivity index (χ4v) is 1.20. The number of ether oxygens (including phenoxy) is 1. The molecule has 0 aromatic carbocycles. The van der Waals surface area contributed by atoms with Gasteiger partial charge < -0.3 is 14.8 Å². The van der Waals surface area contributed by atoms with Crippen molar-refractivity contribution in [2.45, 2.75) is 12.3 Å². The lowest BCUT2D eigenvalue weighted by Gasteiger charge is -2.09. The van der Waals surface area contributed by atoms with Gasteiger partial charge in [-0.05, 0) is 18.5 Å². The number of esters is 1. The highest BCUT2D eigenvalue weighted by Gasteiger charge is 2.31. The van der Waals surface area contributed by atoms with Crippen molar-refractivity contribution in [3.8, 4) is 5.75 Å². The van der Waals surface area contributed by atoms with Crippen molar-refractivity contribution in [3.63, 3.8) is 0 Å². The Morgan fingerprint density at radius 1 is 1.65 bits per heavy atom. The van der Waals surface area contributed by atoms with Crippen LogP contribution in [0, 0.1) is 0 Å². The van der Waals surface area contributed by atoms with Crippen molar-refractivity contribution < 1.29 is 23.4 Å². The highest BCUT2D eigenvalue weighted by atomic mass is 35.5. The molecule has 1 aromatic heterocycles. The van der Waals surface area contributed by atoms with E-state index >= 15 is 0 Å². The zero-order valence-corrected chi connectivity index (χ0v) is 9.35. The monoisotopic (exact) mass is 267 g/mol. The second-order valence-corrected chi connectivity index (χ2v) is 3.47. The Kier molecular flexibility index (Phi) is 3.72. The fourth-order valence-electron chi connectivity index (χ4n) is 1.10. The predicted molar refractivity (Wildman–Crippen MR) is 54.4 cm³/mol. The van der Waals surface area contributed by atoms with Crippen molar-refractivity contribution in [2.75, 3.05) is 6.61 Å². The third-order valence-electron chi connectivity index (χ3n) is 1.80. The number of aromatic nitrogens is 1. The van der Waals surface area contributed by atoms with Crippen LogP contribution in [0.2, 0.25) is 0 Å². The number of carbonyl (C=O) groups excluding carboxylic acids is 1. The van der Waals surface area contributed by atoms with Crippen molar-refractivity contribution in [1.82, 2.24) is 4.98 Å². The molecule has 1 aromatic rings. The highest BCUT2D eigenvalue weighted by molar-refractivity contribution is 6.21. The molecule has 0 spiro atoms. The van der Waals surface area contributed by atoms with Gasteiger partial charge in [-0.2, -0.15) is 8.78 Å². The summed E-state index contributed by atoms with van der Waals surface area (Å²) in [4.78, 5) is 24.2. The lowest BCUT2D eigenvalue weighted by Crippen LogP contribution is -2.23. The van der Waals surface area contributed by atoms with Crippen molar-refractivity contribution in [1.29, 1.82) is 0 Å². The number of hydrogen-bond donors (Lipinski definition) is 2. The van der Waals surface area contributed by atoms with E-state index in [1.54, 1.807) is 4.98 Å². The normalized spacial score (nSPS) is 11.3. The molecule has 0 fully saturated rings. The van der Waals surface area contributed by atoms with E-state index in [9.17, 15) is 23.5 Å². The van der Waals surface area contributed by atoms with Crippen LogP contribution >= 0.6 is 11.6 Å². The number of aromatic amines is 1. The van der Waals surface area contributed by atoms with Gasteiger partial charge in [-0.3, -0.25) is 4.79 Å². The molecule has 94 valence electrons. The summed E-state index contributed by atoms with van der Waals surface area (Å²) < 4.78 is 29.8. The minimum absolute atomic E-state index is 0.0227. The number of rotatable bonds is 3. The van der Waals surface area contributed by atoms with Gasteiger partial charge in [0, 0.05) is 6.07 Å². The topological polar surface area (TPSA) is 79.4 Å². The quantitative estimate of drug-likeness (QED) is 0.643. The maximum Gasteiger partial charge on any atom is 0.362 e. The molecule has 1 rings (SSSR count). The van der Waals surface area contributed by atoms with Gasteiger partial charge in [-0.1, -0.05) is 0 Å². The number of halogens is 3. The molecular weight excluding hydrogens is 260 g/mol. The maximum absolute atomic E-state index is 12.7. The molecule has 0 unspecified atom stereocenters. The Balaban J connectivity index is 3.30. The molecule has 0 aliphatic heterocycles. The van der Waals surface area contributed by atoms with Crippen molar-refractivity contribution >= 4 is 17.6 Å². The summed E-state index contributed by atoms with van der Waals surface area (Å²) in [6, 6.07) is 0.501. The molecule has 0 bridgehead atoms. The zero-order chi connectivity index (χ0) is 13.2. The molecule has 0 aliphatic carbocycles. The molecule has 17 heavy (non-hydrogen) atoms. The van der Waals surface area contributed by atoms with E-state index in [2.05, 4.69) is 16.3 Å². The summed E-state index contributed by atoms with van der Waals surface area (Å²) in [6.07, 6.45) is 0. The minimum Gasteiger partial charge on any atom is -0.507 e. The average Bonchev–Trinajstić information content (AvgIpc) is 2.15. The van der Waals surface area contributed by atoms with Gasteiger partial charge in [0.2, 0.25) is 0 Å². The van der Waals surface area contributed by atoms with Crippen LogP contribution in [-0.2, 0) is 10.1 Å². The van der Waals surface area contributed by atoms with E-state index in [0.29, 0.717) is 6.07 Å². The number of pyridine rings is 1. The molecule has 1 heterocycles. The number of carbonyl (C=O) groups is 1. The fraction of sp³-hybridized carbons (Fsp3) is 0.333. The average molecular weight is 268 g/mol. The summed E-state index contributed by atoms with van der Waals surface area (Å²) >= 11 is 4.66. The number of nitrogens with one attached hydrogen (secondary N) is 1. The van der Waals surface area contributed by atoms with Crippen LogP contribution in [0.1, 0.15) is 23.0 Å². The predicted octanol–water partition coefficient (Wildman–Crippen LogP) is 1.55. The van der Waals surface area contributed by atoms with E-state index in [1.165, 1.54) is 6.92 Å². The van der Waals surface area contributed by atoms with E-state index in [-0.39, 0.29) is 6.61 Å². The number of hydrogen-bond acceptors (Lipinski definition) is 4. The van der Waals surface area contributed by atoms with Gasteiger partial charge in [0.05, 0.1) is 6.61 Å². The third kappa shape index (κ3) is 2.94. The first kappa shape index (κ1) is 13.4. The number of alkyl halides is 3. The molecule has 0 radical (unpaired) electrons. The SMILES string of the molecule is CCOC(=O)c1c(O)cc(C(F)(F)Cl)[nH]c1=O. The summed E-state index contributed by atoms with van der Waals surface area (Å²) in [7, 11) is 0. The van der Waals surface area contributed by atoms with Gasteiger partial charge in [0.1, 0.15) is 11.4 Å². The highest BCUT2D eigenvalue weighted by Crippen LogP contribution is 2.32. The molecule has 0 saturated heterocycles. The Bertz CT molecular complexity index is 495.